The lowest BCUT2D eigenvalue weighted by molar-refractivity contribution is -0.123. The Morgan fingerprint density at radius 1 is 1.65 bits per heavy atom. The molecular formula is C15H20N2O3. The van der Waals surface area contributed by atoms with E-state index in [9.17, 15) is 4.79 Å². The van der Waals surface area contributed by atoms with Crippen molar-refractivity contribution in [3.63, 3.8) is 0 Å². The van der Waals surface area contributed by atoms with Crippen LogP contribution >= 0.6 is 0 Å². The molecule has 2 atom stereocenters. The van der Waals surface area contributed by atoms with Crippen LogP contribution in [0.1, 0.15) is 6.92 Å². The Labute approximate surface area is 119 Å². The molecule has 5 heteroatoms. The summed E-state index contributed by atoms with van der Waals surface area (Å²) in [7, 11) is 0. The number of carbonyl (C=O) groups excluding carboxylic acids is 1. The van der Waals surface area contributed by atoms with Gasteiger partial charge in [-0.25, -0.2) is 0 Å². The zero-order valence-electron chi connectivity index (χ0n) is 11.6. The Kier molecular flexibility index (Phi) is 5.15. The van der Waals surface area contributed by atoms with Gasteiger partial charge in [0.2, 0.25) is 5.91 Å². The molecule has 0 saturated carbocycles. The highest BCUT2D eigenvalue weighted by Crippen LogP contribution is 2.18. The van der Waals surface area contributed by atoms with Crippen molar-refractivity contribution in [3.05, 3.63) is 36.9 Å². The molecule has 0 spiro atoms. The minimum absolute atomic E-state index is 0.0990. The summed E-state index contributed by atoms with van der Waals surface area (Å²) < 4.78 is 10.9. The Morgan fingerprint density at radius 3 is 3.25 bits per heavy atom. The first kappa shape index (κ1) is 14.6. The first-order chi connectivity index (χ1) is 9.70. The molecule has 1 aliphatic rings. The first-order valence-electron chi connectivity index (χ1n) is 6.70. The molecule has 2 rings (SSSR count). The van der Waals surface area contributed by atoms with Crippen molar-refractivity contribution in [2.75, 3.05) is 25.1 Å². The van der Waals surface area contributed by atoms with Crippen molar-refractivity contribution >= 4 is 11.6 Å². The van der Waals surface area contributed by atoms with Gasteiger partial charge in [0, 0.05) is 18.3 Å². The van der Waals surface area contributed by atoms with Gasteiger partial charge in [0.25, 0.3) is 0 Å². The van der Waals surface area contributed by atoms with Crippen LogP contribution in [0.4, 0.5) is 5.69 Å². The molecule has 1 heterocycles. The van der Waals surface area contributed by atoms with Crippen LogP contribution in [0.15, 0.2) is 36.9 Å². The molecule has 0 radical (unpaired) electrons. The first-order valence-corrected chi connectivity index (χ1v) is 6.70. The Balaban J connectivity index is 1.98. The van der Waals surface area contributed by atoms with E-state index in [0.29, 0.717) is 31.2 Å². The fourth-order valence-electron chi connectivity index (χ4n) is 2.07. The molecule has 20 heavy (non-hydrogen) atoms. The van der Waals surface area contributed by atoms with Crippen molar-refractivity contribution < 1.29 is 14.3 Å². The molecule has 1 fully saturated rings. The van der Waals surface area contributed by atoms with E-state index in [1.807, 2.05) is 25.1 Å². The Hall–Kier alpha value is -1.85. The zero-order valence-corrected chi connectivity index (χ0v) is 11.6. The van der Waals surface area contributed by atoms with Crippen molar-refractivity contribution in [1.82, 2.24) is 5.32 Å². The number of rotatable bonds is 5. The molecule has 0 aromatic heterocycles. The number of anilines is 1. The fraction of sp³-hybridized carbons (Fsp3) is 0.400. The second-order valence-electron chi connectivity index (χ2n) is 4.62. The van der Waals surface area contributed by atoms with Crippen molar-refractivity contribution in [1.29, 1.82) is 0 Å². The van der Waals surface area contributed by atoms with Gasteiger partial charge in [0.15, 0.2) is 0 Å². The molecule has 1 aliphatic heterocycles. The third-order valence-electron chi connectivity index (χ3n) is 3.07. The quantitative estimate of drug-likeness (QED) is 0.801. The van der Waals surface area contributed by atoms with Gasteiger partial charge in [-0.1, -0.05) is 18.7 Å². The number of benzene rings is 1. The molecule has 108 valence electrons. The van der Waals surface area contributed by atoms with Crippen LogP contribution in [0.25, 0.3) is 0 Å². The van der Waals surface area contributed by atoms with Crippen LogP contribution in [-0.4, -0.2) is 37.8 Å². The van der Waals surface area contributed by atoms with E-state index in [1.54, 1.807) is 12.1 Å². The van der Waals surface area contributed by atoms with Gasteiger partial charge in [0.05, 0.1) is 12.7 Å². The number of amides is 1. The van der Waals surface area contributed by atoms with E-state index in [2.05, 4.69) is 17.2 Å². The van der Waals surface area contributed by atoms with Crippen molar-refractivity contribution in [2.24, 2.45) is 0 Å². The maximum Gasteiger partial charge on any atom is 0.244 e. The van der Waals surface area contributed by atoms with Gasteiger partial charge in [-0.05, 0) is 19.1 Å². The smallest absolute Gasteiger partial charge is 0.244 e. The highest BCUT2D eigenvalue weighted by Gasteiger charge is 2.28. The molecule has 1 amide bonds. The second-order valence-corrected chi connectivity index (χ2v) is 4.62. The largest absolute Gasteiger partial charge is 0.489 e. The topological polar surface area (TPSA) is 59.6 Å². The number of morpholine rings is 1. The minimum atomic E-state index is -0.332. The van der Waals surface area contributed by atoms with Crippen LogP contribution in [0.2, 0.25) is 0 Å². The van der Waals surface area contributed by atoms with Gasteiger partial charge in [-0.15, -0.1) is 0 Å². The average Bonchev–Trinajstić information content (AvgIpc) is 2.46. The Morgan fingerprint density at radius 2 is 2.50 bits per heavy atom. The van der Waals surface area contributed by atoms with Gasteiger partial charge < -0.3 is 20.1 Å². The third-order valence-corrected chi connectivity index (χ3v) is 3.07. The maximum absolute atomic E-state index is 12.2. The molecule has 1 aromatic carbocycles. The summed E-state index contributed by atoms with van der Waals surface area (Å²) in [6.07, 6.45) is 1.54. The van der Waals surface area contributed by atoms with Crippen LogP contribution in [-0.2, 0) is 9.53 Å². The highest BCUT2D eigenvalue weighted by molar-refractivity contribution is 5.95. The van der Waals surface area contributed by atoms with Crippen LogP contribution in [0, 0.1) is 0 Å². The number of hydrogen-bond donors (Lipinski definition) is 2. The molecule has 1 saturated heterocycles. The lowest BCUT2D eigenvalue weighted by Gasteiger charge is -2.29. The normalized spacial score (nSPS) is 22.1. The summed E-state index contributed by atoms with van der Waals surface area (Å²) in [5, 5.41) is 6.03. The lowest BCUT2D eigenvalue weighted by Crippen LogP contribution is -2.53. The van der Waals surface area contributed by atoms with Gasteiger partial charge in [-0.2, -0.15) is 0 Å². The van der Waals surface area contributed by atoms with E-state index in [-0.39, 0.29) is 18.1 Å². The predicted molar refractivity (Wildman–Crippen MR) is 78.0 cm³/mol. The van der Waals surface area contributed by atoms with Crippen molar-refractivity contribution in [3.8, 4) is 5.75 Å². The molecule has 5 nitrogen and oxygen atoms in total. The Bertz CT molecular complexity index is 476. The van der Waals surface area contributed by atoms with Gasteiger partial charge in [0.1, 0.15) is 18.4 Å². The van der Waals surface area contributed by atoms with Gasteiger partial charge >= 0.3 is 0 Å². The summed E-state index contributed by atoms with van der Waals surface area (Å²) >= 11 is 0. The minimum Gasteiger partial charge on any atom is -0.489 e. The van der Waals surface area contributed by atoms with E-state index < -0.39 is 0 Å². The molecule has 0 aliphatic carbocycles. The second kappa shape index (κ2) is 7.07. The number of carbonyl (C=O) groups is 1. The zero-order chi connectivity index (χ0) is 14.4. The highest BCUT2D eigenvalue weighted by atomic mass is 16.5. The summed E-state index contributed by atoms with van der Waals surface area (Å²) in [5.74, 6) is 0.599. The fourth-order valence-corrected chi connectivity index (χ4v) is 2.07. The van der Waals surface area contributed by atoms with E-state index in [4.69, 9.17) is 9.47 Å². The molecular weight excluding hydrogens is 256 g/mol. The summed E-state index contributed by atoms with van der Waals surface area (Å²) in [6.45, 7) is 7.25. The SMILES string of the molecule is C=CCOc1cccc(NC(=O)[C@H]2NCCO[C@@H]2C)c1. The summed E-state index contributed by atoms with van der Waals surface area (Å²) in [5.41, 5.74) is 0.705. The maximum atomic E-state index is 12.2. The molecule has 2 N–H and O–H groups in total. The number of hydrogen-bond acceptors (Lipinski definition) is 4. The summed E-state index contributed by atoms with van der Waals surface area (Å²) in [6, 6.07) is 6.95. The van der Waals surface area contributed by atoms with Crippen LogP contribution in [0.3, 0.4) is 0 Å². The predicted octanol–water partition coefficient (Wildman–Crippen LogP) is 1.57. The molecule has 1 aromatic rings. The van der Waals surface area contributed by atoms with Crippen LogP contribution in [0.5, 0.6) is 5.75 Å². The molecule has 0 unspecified atom stereocenters. The average molecular weight is 276 g/mol. The monoisotopic (exact) mass is 276 g/mol. The third kappa shape index (κ3) is 3.82. The lowest BCUT2D eigenvalue weighted by atomic mass is 10.1. The van der Waals surface area contributed by atoms with Crippen LogP contribution < -0.4 is 15.4 Å². The van der Waals surface area contributed by atoms with Gasteiger partial charge in [-0.3, -0.25) is 4.79 Å². The van der Waals surface area contributed by atoms with Crippen molar-refractivity contribution in [2.45, 2.75) is 19.1 Å². The van der Waals surface area contributed by atoms with E-state index in [0.717, 1.165) is 0 Å². The molecule has 0 bridgehead atoms. The number of nitrogens with one attached hydrogen (secondary N) is 2. The number of ether oxygens (including phenoxy) is 2. The van der Waals surface area contributed by atoms with E-state index >= 15 is 0 Å². The standard InChI is InChI=1S/C15H20N2O3/c1-3-8-20-13-6-4-5-12(10-13)17-15(18)14-11(2)19-9-7-16-14/h3-6,10-11,14,16H,1,7-9H2,2H3,(H,17,18)/t11-,14+/m1/s1. The summed E-state index contributed by atoms with van der Waals surface area (Å²) in [4.78, 5) is 12.2. The van der Waals surface area contributed by atoms with E-state index in [1.165, 1.54) is 0 Å².